The summed E-state index contributed by atoms with van der Waals surface area (Å²) in [6, 6.07) is 4.61. The van der Waals surface area contributed by atoms with E-state index < -0.39 is 12.1 Å². The molecule has 0 radical (unpaired) electrons. The molecule has 2 rings (SSSR count). The van der Waals surface area contributed by atoms with E-state index in [9.17, 15) is 9.59 Å². The van der Waals surface area contributed by atoms with Gasteiger partial charge in [-0.1, -0.05) is 11.6 Å². The molecule has 6 nitrogen and oxygen atoms in total. The van der Waals surface area contributed by atoms with E-state index in [4.69, 9.17) is 21.1 Å². The lowest BCUT2D eigenvalue weighted by Gasteiger charge is -2.16. The zero-order valence-corrected chi connectivity index (χ0v) is 13.9. The van der Waals surface area contributed by atoms with Gasteiger partial charge in [0.05, 0.1) is 30.4 Å². The van der Waals surface area contributed by atoms with Gasteiger partial charge in [-0.15, -0.1) is 0 Å². The van der Waals surface area contributed by atoms with E-state index in [1.54, 1.807) is 13.0 Å². The number of carbonyl (C=O) groups excluding carboxylic acids is 2. The van der Waals surface area contributed by atoms with E-state index in [1.807, 2.05) is 0 Å². The van der Waals surface area contributed by atoms with Crippen LogP contribution in [0.5, 0.6) is 0 Å². The average molecular weight is 342 g/mol. The van der Waals surface area contributed by atoms with Crippen LogP contribution in [0.2, 0.25) is 5.02 Å². The van der Waals surface area contributed by atoms with Crippen molar-refractivity contribution < 1.29 is 23.8 Å². The molecule has 0 bridgehead atoms. The van der Waals surface area contributed by atoms with Crippen LogP contribution in [0, 0.1) is 0 Å². The number of rotatable bonds is 6. The fourth-order valence-corrected chi connectivity index (χ4v) is 2.41. The maximum atomic E-state index is 12.1. The van der Waals surface area contributed by atoms with Gasteiger partial charge in [0.15, 0.2) is 0 Å². The molecule has 1 fully saturated rings. The van der Waals surface area contributed by atoms with Gasteiger partial charge in [0.2, 0.25) is 0 Å². The highest BCUT2D eigenvalue weighted by atomic mass is 35.5. The number of hydrogen-bond donors (Lipinski definition) is 1. The lowest BCUT2D eigenvalue weighted by atomic mass is 10.2. The van der Waals surface area contributed by atoms with Gasteiger partial charge in [-0.25, -0.2) is 4.79 Å². The Morgan fingerprint density at radius 2 is 2.26 bits per heavy atom. The van der Waals surface area contributed by atoms with E-state index >= 15 is 0 Å². The highest BCUT2D eigenvalue weighted by Gasteiger charge is 2.20. The van der Waals surface area contributed by atoms with Crippen molar-refractivity contribution in [2.24, 2.45) is 0 Å². The molecule has 1 aromatic rings. The quantitative estimate of drug-likeness (QED) is 0.805. The highest BCUT2D eigenvalue weighted by molar-refractivity contribution is 6.33. The Bertz CT molecular complexity index is 572. The summed E-state index contributed by atoms with van der Waals surface area (Å²) in [6.07, 6.45) is 1.41. The van der Waals surface area contributed by atoms with E-state index in [-0.39, 0.29) is 22.6 Å². The van der Waals surface area contributed by atoms with Gasteiger partial charge < -0.3 is 19.5 Å². The first-order chi connectivity index (χ1) is 11.0. The molecular weight excluding hydrogens is 322 g/mol. The molecule has 1 amide bonds. The second-order valence-electron chi connectivity index (χ2n) is 5.29. The normalized spacial score (nSPS) is 18.5. The summed E-state index contributed by atoms with van der Waals surface area (Å²) in [5.41, 5.74) is 0.646. The summed E-state index contributed by atoms with van der Waals surface area (Å²) in [6.45, 7) is 2.81. The van der Waals surface area contributed by atoms with Gasteiger partial charge >= 0.3 is 5.97 Å². The Hall–Kier alpha value is -1.63. The van der Waals surface area contributed by atoms with Crippen LogP contribution < -0.4 is 5.32 Å². The fourth-order valence-electron chi connectivity index (χ4n) is 2.22. The van der Waals surface area contributed by atoms with Gasteiger partial charge in [-0.05, 0) is 38.0 Å². The molecule has 0 spiro atoms. The van der Waals surface area contributed by atoms with Crippen LogP contribution in [0.1, 0.15) is 30.1 Å². The number of carbonyl (C=O) groups is 2. The number of benzene rings is 1. The number of hydrogen-bond acceptors (Lipinski definition) is 5. The predicted molar refractivity (Wildman–Crippen MR) is 85.8 cm³/mol. The molecule has 1 aliphatic rings. The summed E-state index contributed by atoms with van der Waals surface area (Å²) in [4.78, 5) is 23.7. The van der Waals surface area contributed by atoms with Gasteiger partial charge in [0.25, 0.3) is 5.91 Å². The Labute approximate surface area is 140 Å². The number of halogens is 1. The summed E-state index contributed by atoms with van der Waals surface area (Å²) in [5, 5.41) is 2.95. The fraction of sp³-hybridized carbons (Fsp3) is 0.500. The Morgan fingerprint density at radius 1 is 1.48 bits per heavy atom. The van der Waals surface area contributed by atoms with Crippen molar-refractivity contribution in [2.75, 3.05) is 25.6 Å². The summed E-state index contributed by atoms with van der Waals surface area (Å²) < 4.78 is 15.6. The molecule has 1 aliphatic heterocycles. The SMILES string of the molecule is COC(=O)c1cc(NC(=O)[C@@H](C)OC[C@@H]2CCCO2)ccc1Cl. The van der Waals surface area contributed by atoms with Crippen molar-refractivity contribution >= 4 is 29.2 Å². The van der Waals surface area contributed by atoms with Crippen molar-refractivity contribution in [1.82, 2.24) is 0 Å². The van der Waals surface area contributed by atoms with E-state index in [0.29, 0.717) is 12.3 Å². The number of anilines is 1. The topological polar surface area (TPSA) is 73.9 Å². The third kappa shape index (κ3) is 4.92. The third-order valence-corrected chi connectivity index (χ3v) is 3.89. The lowest BCUT2D eigenvalue weighted by molar-refractivity contribution is -0.128. The predicted octanol–water partition coefficient (Wildman–Crippen LogP) is 2.65. The van der Waals surface area contributed by atoms with Crippen LogP contribution in [0.25, 0.3) is 0 Å². The number of ether oxygens (including phenoxy) is 3. The maximum absolute atomic E-state index is 12.1. The van der Waals surface area contributed by atoms with Crippen LogP contribution in [-0.4, -0.2) is 44.4 Å². The first-order valence-electron chi connectivity index (χ1n) is 7.43. The second kappa shape index (κ2) is 8.29. The van der Waals surface area contributed by atoms with E-state index in [2.05, 4.69) is 10.1 Å². The van der Waals surface area contributed by atoms with Crippen LogP contribution in [0.4, 0.5) is 5.69 Å². The minimum absolute atomic E-state index is 0.0618. The zero-order valence-electron chi connectivity index (χ0n) is 13.1. The number of methoxy groups -OCH3 is 1. The maximum Gasteiger partial charge on any atom is 0.339 e. The van der Waals surface area contributed by atoms with Gasteiger partial charge in [-0.2, -0.15) is 0 Å². The second-order valence-corrected chi connectivity index (χ2v) is 5.69. The molecule has 7 heteroatoms. The highest BCUT2D eigenvalue weighted by Crippen LogP contribution is 2.21. The number of esters is 1. The molecule has 1 aromatic carbocycles. The molecular formula is C16H20ClNO5. The first-order valence-corrected chi connectivity index (χ1v) is 7.81. The molecule has 0 saturated carbocycles. The molecule has 1 saturated heterocycles. The molecule has 23 heavy (non-hydrogen) atoms. The minimum Gasteiger partial charge on any atom is -0.465 e. The summed E-state index contributed by atoms with van der Waals surface area (Å²) in [7, 11) is 1.27. The van der Waals surface area contributed by atoms with Gasteiger partial charge in [0.1, 0.15) is 6.10 Å². The Kier molecular flexibility index (Phi) is 6.38. The monoisotopic (exact) mass is 341 g/mol. The standard InChI is InChI=1S/C16H20ClNO5/c1-10(23-9-12-4-3-7-22-12)15(19)18-11-5-6-14(17)13(8-11)16(20)21-2/h5-6,8,10,12H,3-4,7,9H2,1-2H3,(H,18,19)/t10-,12+/m1/s1. The van der Waals surface area contributed by atoms with Crippen molar-refractivity contribution in [3.63, 3.8) is 0 Å². The summed E-state index contributed by atoms with van der Waals surface area (Å²) >= 11 is 5.94. The van der Waals surface area contributed by atoms with Crippen LogP contribution in [0.3, 0.4) is 0 Å². The average Bonchev–Trinajstić information content (AvgIpc) is 3.07. The Morgan fingerprint density at radius 3 is 2.91 bits per heavy atom. The Balaban J connectivity index is 1.92. The van der Waals surface area contributed by atoms with Crippen LogP contribution in [-0.2, 0) is 19.0 Å². The largest absolute Gasteiger partial charge is 0.465 e. The van der Waals surface area contributed by atoms with Crippen molar-refractivity contribution in [3.8, 4) is 0 Å². The number of nitrogens with one attached hydrogen (secondary N) is 1. The molecule has 0 unspecified atom stereocenters. The third-order valence-electron chi connectivity index (χ3n) is 3.56. The van der Waals surface area contributed by atoms with Crippen molar-refractivity contribution in [2.45, 2.75) is 32.0 Å². The van der Waals surface area contributed by atoms with Crippen molar-refractivity contribution in [3.05, 3.63) is 28.8 Å². The molecule has 1 heterocycles. The van der Waals surface area contributed by atoms with Gasteiger partial charge in [-0.3, -0.25) is 4.79 Å². The minimum atomic E-state index is -0.628. The van der Waals surface area contributed by atoms with Crippen LogP contribution >= 0.6 is 11.6 Å². The molecule has 2 atom stereocenters. The van der Waals surface area contributed by atoms with E-state index in [1.165, 1.54) is 19.2 Å². The number of amides is 1. The van der Waals surface area contributed by atoms with E-state index in [0.717, 1.165) is 19.4 Å². The van der Waals surface area contributed by atoms with Crippen molar-refractivity contribution in [1.29, 1.82) is 0 Å². The zero-order chi connectivity index (χ0) is 16.8. The molecule has 0 aliphatic carbocycles. The smallest absolute Gasteiger partial charge is 0.339 e. The van der Waals surface area contributed by atoms with Gasteiger partial charge in [0, 0.05) is 12.3 Å². The molecule has 1 N–H and O–H groups in total. The molecule has 126 valence electrons. The molecule has 0 aromatic heterocycles. The lowest BCUT2D eigenvalue weighted by Crippen LogP contribution is -2.30. The summed E-state index contributed by atoms with van der Waals surface area (Å²) in [5.74, 6) is -0.866. The first kappa shape index (κ1) is 17.7. The van der Waals surface area contributed by atoms with Crippen LogP contribution in [0.15, 0.2) is 18.2 Å².